The van der Waals surface area contributed by atoms with Crippen LogP contribution in [-0.2, 0) is 9.53 Å². The predicted octanol–water partition coefficient (Wildman–Crippen LogP) is -1.28. The Hall–Kier alpha value is -1.34. The third-order valence-electron chi connectivity index (χ3n) is 1.58. The number of aliphatic hydroxyl groups is 1. The second kappa shape index (κ2) is 7.02. The van der Waals surface area contributed by atoms with Crippen LogP contribution in [0.4, 0.5) is 4.79 Å². The number of hydrogen-bond donors (Lipinski definition) is 3. The van der Waals surface area contributed by atoms with Gasteiger partial charge in [0, 0.05) is 14.2 Å². The van der Waals surface area contributed by atoms with Gasteiger partial charge in [0.05, 0.1) is 19.3 Å². The highest BCUT2D eigenvalue weighted by Crippen LogP contribution is 1.90. The number of carbonyl (C=O) groups excluding carboxylic acids is 1. The molecule has 2 amide bonds. The van der Waals surface area contributed by atoms with Gasteiger partial charge in [0.15, 0.2) is 0 Å². The molecule has 88 valence electrons. The van der Waals surface area contributed by atoms with Gasteiger partial charge in [0.2, 0.25) is 0 Å². The Labute approximate surface area is 87.6 Å². The van der Waals surface area contributed by atoms with Gasteiger partial charge in [0.25, 0.3) is 0 Å². The summed E-state index contributed by atoms with van der Waals surface area (Å²) in [7, 11) is 2.89. The third kappa shape index (κ3) is 6.69. The number of likely N-dealkylation sites (N-methyl/N-ethyl adjacent to an activating group) is 1. The van der Waals surface area contributed by atoms with Crippen molar-refractivity contribution >= 4 is 12.0 Å². The van der Waals surface area contributed by atoms with Crippen molar-refractivity contribution in [1.82, 2.24) is 10.2 Å². The number of ether oxygens (including phenoxy) is 1. The van der Waals surface area contributed by atoms with Crippen LogP contribution >= 0.6 is 0 Å². The number of hydrogen-bond acceptors (Lipinski definition) is 4. The number of nitrogens with one attached hydrogen (secondary N) is 1. The van der Waals surface area contributed by atoms with E-state index in [0.29, 0.717) is 0 Å². The van der Waals surface area contributed by atoms with Gasteiger partial charge in [-0.3, -0.25) is 4.79 Å². The minimum absolute atomic E-state index is 0.0826. The highest BCUT2D eigenvalue weighted by molar-refractivity contribution is 5.79. The van der Waals surface area contributed by atoms with Gasteiger partial charge in [-0.05, 0) is 0 Å². The molecule has 0 aromatic rings. The summed E-state index contributed by atoms with van der Waals surface area (Å²) in [4.78, 5) is 22.5. The lowest BCUT2D eigenvalue weighted by Gasteiger charge is -2.20. The van der Waals surface area contributed by atoms with Crippen molar-refractivity contribution < 1.29 is 24.5 Å². The smallest absolute Gasteiger partial charge is 0.323 e. The Morgan fingerprint density at radius 3 is 2.60 bits per heavy atom. The summed E-state index contributed by atoms with van der Waals surface area (Å²) < 4.78 is 4.68. The molecule has 0 bridgehead atoms. The SMILES string of the molecule is COCC(O)CN(C)C(=O)NCC(=O)O. The molecule has 0 spiro atoms. The minimum Gasteiger partial charge on any atom is -0.480 e. The Kier molecular flexibility index (Phi) is 6.39. The molecule has 0 saturated carbocycles. The summed E-state index contributed by atoms with van der Waals surface area (Å²) in [5.41, 5.74) is 0. The van der Waals surface area contributed by atoms with Gasteiger partial charge in [0.1, 0.15) is 6.54 Å². The predicted molar refractivity (Wildman–Crippen MR) is 51.5 cm³/mol. The van der Waals surface area contributed by atoms with Crippen molar-refractivity contribution in [1.29, 1.82) is 0 Å². The monoisotopic (exact) mass is 220 g/mol. The first-order valence-electron chi connectivity index (χ1n) is 4.35. The van der Waals surface area contributed by atoms with Gasteiger partial charge in [-0.25, -0.2) is 4.79 Å². The molecule has 0 heterocycles. The minimum atomic E-state index is -1.12. The van der Waals surface area contributed by atoms with E-state index in [-0.39, 0.29) is 13.2 Å². The van der Waals surface area contributed by atoms with Crippen molar-refractivity contribution in [3.05, 3.63) is 0 Å². The van der Waals surface area contributed by atoms with Crippen LogP contribution in [0.5, 0.6) is 0 Å². The summed E-state index contributed by atoms with van der Waals surface area (Å²) in [5, 5.41) is 19.8. The number of aliphatic hydroxyl groups excluding tert-OH is 1. The molecule has 0 aliphatic heterocycles. The number of amides is 2. The van der Waals surface area contributed by atoms with Gasteiger partial charge >= 0.3 is 12.0 Å². The van der Waals surface area contributed by atoms with E-state index in [4.69, 9.17) is 5.11 Å². The fraction of sp³-hybridized carbons (Fsp3) is 0.750. The lowest BCUT2D eigenvalue weighted by atomic mass is 10.3. The zero-order valence-corrected chi connectivity index (χ0v) is 8.77. The van der Waals surface area contributed by atoms with Gasteiger partial charge in [-0.15, -0.1) is 0 Å². The Bertz CT molecular complexity index is 221. The second-order valence-corrected chi connectivity index (χ2v) is 3.04. The highest BCUT2D eigenvalue weighted by atomic mass is 16.5. The number of urea groups is 1. The summed E-state index contributed by atoms with van der Waals surface area (Å²) in [6.45, 7) is -0.237. The Morgan fingerprint density at radius 1 is 1.53 bits per heavy atom. The average Bonchev–Trinajstić information content (AvgIpc) is 2.14. The van der Waals surface area contributed by atoms with Crippen LogP contribution in [0.15, 0.2) is 0 Å². The Morgan fingerprint density at radius 2 is 2.13 bits per heavy atom. The van der Waals surface area contributed by atoms with Crippen LogP contribution in [0.1, 0.15) is 0 Å². The molecule has 0 aromatic heterocycles. The van der Waals surface area contributed by atoms with Crippen LogP contribution in [0.3, 0.4) is 0 Å². The second-order valence-electron chi connectivity index (χ2n) is 3.04. The van der Waals surface area contributed by atoms with E-state index in [1.165, 1.54) is 19.1 Å². The van der Waals surface area contributed by atoms with Crippen molar-refractivity contribution in [2.75, 3.05) is 33.9 Å². The lowest BCUT2D eigenvalue weighted by molar-refractivity contribution is -0.135. The normalized spacial score (nSPS) is 11.9. The molecular weight excluding hydrogens is 204 g/mol. The standard InChI is InChI=1S/C8H16N2O5/c1-10(4-6(11)5-15-2)8(14)9-3-7(12)13/h6,11H,3-5H2,1-2H3,(H,9,14)(H,12,13). The van der Waals surface area contributed by atoms with Gasteiger partial charge in [-0.1, -0.05) is 0 Å². The van der Waals surface area contributed by atoms with Crippen LogP contribution in [0.25, 0.3) is 0 Å². The van der Waals surface area contributed by atoms with E-state index in [0.717, 1.165) is 0 Å². The zero-order chi connectivity index (χ0) is 11.8. The molecule has 7 heteroatoms. The average molecular weight is 220 g/mol. The van der Waals surface area contributed by atoms with Gasteiger partial charge in [-0.2, -0.15) is 0 Å². The summed E-state index contributed by atoms with van der Waals surface area (Å²) >= 11 is 0. The molecular formula is C8H16N2O5. The Balaban J connectivity index is 3.82. The number of rotatable bonds is 6. The molecule has 1 atom stereocenters. The highest BCUT2D eigenvalue weighted by Gasteiger charge is 2.13. The summed E-state index contributed by atoms with van der Waals surface area (Å²) in [5.74, 6) is -1.12. The summed E-state index contributed by atoms with van der Waals surface area (Å²) in [6, 6.07) is -0.549. The molecule has 7 nitrogen and oxygen atoms in total. The van der Waals surface area contributed by atoms with Crippen molar-refractivity contribution in [3.8, 4) is 0 Å². The fourth-order valence-electron chi connectivity index (χ4n) is 0.930. The van der Waals surface area contributed by atoms with Crippen molar-refractivity contribution in [2.45, 2.75) is 6.10 Å². The molecule has 0 aromatic carbocycles. The van der Waals surface area contributed by atoms with Crippen LogP contribution in [-0.4, -0.2) is 67.1 Å². The van der Waals surface area contributed by atoms with Crippen LogP contribution < -0.4 is 5.32 Å². The molecule has 3 N–H and O–H groups in total. The first-order valence-corrected chi connectivity index (χ1v) is 4.35. The number of carboxylic acid groups (broad SMARTS) is 1. The number of aliphatic carboxylic acids is 1. The lowest BCUT2D eigenvalue weighted by Crippen LogP contribution is -2.43. The number of carboxylic acids is 1. The van der Waals surface area contributed by atoms with E-state index in [1.807, 2.05) is 0 Å². The first-order chi connectivity index (χ1) is 6.97. The fourth-order valence-corrected chi connectivity index (χ4v) is 0.930. The topological polar surface area (TPSA) is 99.1 Å². The van der Waals surface area contributed by atoms with Crippen molar-refractivity contribution in [3.63, 3.8) is 0 Å². The van der Waals surface area contributed by atoms with Gasteiger partial charge < -0.3 is 25.2 Å². The largest absolute Gasteiger partial charge is 0.480 e. The maximum absolute atomic E-state index is 11.2. The maximum Gasteiger partial charge on any atom is 0.323 e. The number of nitrogens with zero attached hydrogens (tertiary/aromatic N) is 1. The maximum atomic E-state index is 11.2. The molecule has 0 fully saturated rings. The van der Waals surface area contributed by atoms with E-state index >= 15 is 0 Å². The molecule has 0 aliphatic rings. The van der Waals surface area contributed by atoms with E-state index in [1.54, 1.807) is 0 Å². The number of carbonyl (C=O) groups is 2. The molecule has 15 heavy (non-hydrogen) atoms. The first kappa shape index (κ1) is 13.7. The number of methoxy groups -OCH3 is 1. The van der Waals surface area contributed by atoms with Crippen LogP contribution in [0.2, 0.25) is 0 Å². The zero-order valence-electron chi connectivity index (χ0n) is 8.77. The molecule has 1 unspecified atom stereocenters. The quantitative estimate of drug-likeness (QED) is 0.518. The van der Waals surface area contributed by atoms with Crippen molar-refractivity contribution in [2.24, 2.45) is 0 Å². The molecule has 0 radical (unpaired) electrons. The molecule has 0 rings (SSSR count). The summed E-state index contributed by atoms with van der Waals surface area (Å²) in [6.07, 6.45) is -0.782. The van der Waals surface area contributed by atoms with Crippen LogP contribution in [0, 0.1) is 0 Å². The molecule has 0 aliphatic carbocycles. The van der Waals surface area contributed by atoms with E-state index in [9.17, 15) is 14.7 Å². The van der Waals surface area contributed by atoms with E-state index in [2.05, 4.69) is 10.1 Å². The third-order valence-corrected chi connectivity index (χ3v) is 1.58. The molecule has 0 saturated heterocycles. The van der Waals surface area contributed by atoms with E-state index < -0.39 is 24.6 Å².